The lowest BCUT2D eigenvalue weighted by Gasteiger charge is -2.39. The number of ketones is 5. The second kappa shape index (κ2) is 38.8. The number of hydrogen-bond acceptors (Lipinski definition) is 11. The van der Waals surface area contributed by atoms with E-state index in [2.05, 4.69) is 255 Å². The zero-order chi connectivity index (χ0) is 79.9. The molecule has 104 heavy (non-hydrogen) atoms. The smallest absolute Gasteiger partial charge is 0.192 e. The Kier molecular flexibility index (Phi) is 35.2. The van der Waals surface area contributed by atoms with Gasteiger partial charge in [0.15, 0.2) is 70.5 Å². The molecule has 0 amide bonds. The SMILES string of the molecule is CC(C)/C=C1\C(=O)CC(C)C1O[Si](C)(C)C(C)(C)C.CC1CC(=O)C(=Cc2ccccc2)C1O[Si](C)(C)C(C)(C)C.CC1CC(=O)C(=Cc2cccnc2)C1O[Si](C)(C)C(C)(C)C.CCC=C1C(=O)CC(C)C1O[Si](C)(C)C(C)(C)C.CCCCCCCC=C1C(=O)CC(C)C1O[Si](C)(C)C(C)(C)C. The first-order chi connectivity index (χ1) is 47.4. The summed E-state index contributed by atoms with van der Waals surface area (Å²) in [6, 6.07) is 13.9. The van der Waals surface area contributed by atoms with E-state index in [9.17, 15) is 24.0 Å². The average molecular weight is 1520 g/mol. The number of carbonyl (C=O) groups is 5. The standard InChI is InChI=1S/C20H38O2Si.C19H28O2Si.C18H27NO2Si.C16H30O2Si.C15H28O2Si/c1-8-9-10-11-12-13-14-17-18(21)15-16(2)19(17)22-23(6,7)20(3,4)5;1-14-12-17(20)16(13-15-10-8-7-9-11-15)18(14)21-22(5,6)19(2,3)4;1-13-10-16(20)15(11-14-8-7-9-19-12-14)17(13)21-22(5,6)18(2,3)4;1-11(2)9-13-14(17)10-12(3)15(13)18-19(7,8)16(4,5)6;1-8-9-12-13(16)10-11(2)14(12)17-18(6,7)15(3,4)5/h14,16,19H,8-13,15H2,1-7H3;7-11,13-14,18H,12H2,1-6H3;7-9,11-13,17H,10H2,1-6H3;9,11-12,15H,10H2,1-8H3;9,11,14H,8,10H2,1-7H3/b;;;13-9+;. The molecule has 5 aliphatic carbocycles. The van der Waals surface area contributed by atoms with E-state index < -0.39 is 41.6 Å². The van der Waals surface area contributed by atoms with Crippen LogP contribution in [0.15, 0.2) is 101 Å². The first-order valence-corrected chi connectivity index (χ1v) is 54.5. The molecule has 7 rings (SSSR count). The Morgan fingerprint density at radius 3 is 0.990 bits per heavy atom. The second-order valence-electron chi connectivity index (χ2n) is 39.2. The number of hydrogen-bond donors (Lipinski definition) is 0. The fraction of sp³-hybridized carbons (Fsp3) is 0.705. The van der Waals surface area contributed by atoms with Crippen LogP contribution in [0.3, 0.4) is 0 Å². The first kappa shape index (κ1) is 94.5. The molecule has 1 heterocycles. The van der Waals surface area contributed by atoms with Crippen molar-refractivity contribution in [2.24, 2.45) is 35.5 Å². The van der Waals surface area contributed by atoms with E-state index in [-0.39, 0.29) is 90.7 Å². The van der Waals surface area contributed by atoms with Crippen LogP contribution in [0.1, 0.15) is 254 Å². The highest BCUT2D eigenvalue weighted by Gasteiger charge is 2.50. The van der Waals surface area contributed by atoms with Gasteiger partial charge in [0, 0.05) is 72.4 Å². The fourth-order valence-electron chi connectivity index (χ4n) is 12.2. The van der Waals surface area contributed by atoms with E-state index in [1.807, 2.05) is 54.6 Å². The van der Waals surface area contributed by atoms with Crippen LogP contribution in [0.5, 0.6) is 0 Å². The van der Waals surface area contributed by atoms with E-state index in [1.165, 1.54) is 32.1 Å². The molecule has 0 N–H and O–H groups in total. The first-order valence-electron chi connectivity index (χ1n) is 39.9. The summed E-state index contributed by atoms with van der Waals surface area (Å²) >= 11 is 0. The number of Topliss-reactive ketones (excluding diaryl/α,β-unsaturated/α-hetero) is 5. The summed E-state index contributed by atoms with van der Waals surface area (Å²) in [5.41, 5.74) is 6.52. The Bertz CT molecular complexity index is 3180. The minimum atomic E-state index is -1.91. The van der Waals surface area contributed by atoms with Crippen LogP contribution in [-0.4, -0.2) is 106 Å². The third-order valence-corrected chi connectivity index (χ3v) is 46.4. The largest absolute Gasteiger partial charge is 0.410 e. The van der Waals surface area contributed by atoms with Gasteiger partial charge in [-0.1, -0.05) is 246 Å². The van der Waals surface area contributed by atoms with Gasteiger partial charge in [-0.15, -0.1) is 0 Å². The molecule has 0 bridgehead atoms. The zero-order valence-electron chi connectivity index (χ0n) is 72.4. The minimum Gasteiger partial charge on any atom is -0.410 e. The van der Waals surface area contributed by atoms with Gasteiger partial charge in [0.25, 0.3) is 0 Å². The molecule has 588 valence electrons. The van der Waals surface area contributed by atoms with Crippen LogP contribution < -0.4 is 0 Å². The van der Waals surface area contributed by atoms with Crippen LogP contribution >= 0.6 is 0 Å². The molecule has 16 heteroatoms. The molecule has 10 unspecified atom stereocenters. The van der Waals surface area contributed by atoms with Crippen molar-refractivity contribution < 1.29 is 46.1 Å². The molecular weight excluding hydrogens is 1370 g/mol. The number of allylic oxidation sites excluding steroid dienone is 3. The lowest BCUT2D eigenvalue weighted by molar-refractivity contribution is -0.115. The van der Waals surface area contributed by atoms with Gasteiger partial charge in [0.2, 0.25) is 0 Å². The van der Waals surface area contributed by atoms with Crippen molar-refractivity contribution in [1.82, 2.24) is 4.98 Å². The molecule has 0 saturated heterocycles. The quantitative estimate of drug-likeness (QED) is 0.0710. The van der Waals surface area contributed by atoms with Crippen molar-refractivity contribution >= 4 is 82.7 Å². The fourth-order valence-corrected chi connectivity index (χ4v) is 18.9. The van der Waals surface area contributed by atoms with Crippen LogP contribution in [0.25, 0.3) is 12.2 Å². The van der Waals surface area contributed by atoms with Crippen LogP contribution in [0, 0.1) is 35.5 Å². The number of carbonyl (C=O) groups excluding carboxylic acids is 5. The van der Waals surface area contributed by atoms with Gasteiger partial charge >= 0.3 is 0 Å². The number of nitrogens with zero attached hydrogens (tertiary/aromatic N) is 1. The summed E-state index contributed by atoms with van der Waals surface area (Å²) in [5.74, 6) is 3.18. The molecule has 1 aromatic carbocycles. The van der Waals surface area contributed by atoms with Crippen LogP contribution in [0.2, 0.25) is 90.7 Å². The molecule has 10 atom stereocenters. The van der Waals surface area contributed by atoms with Gasteiger partial charge in [-0.05, 0) is 175 Å². The van der Waals surface area contributed by atoms with Crippen molar-refractivity contribution in [1.29, 1.82) is 0 Å². The van der Waals surface area contributed by atoms with Crippen molar-refractivity contribution in [2.45, 2.75) is 364 Å². The predicted octanol–water partition coefficient (Wildman–Crippen LogP) is 24.7. The molecule has 2 aromatic rings. The van der Waals surface area contributed by atoms with Crippen LogP contribution in [-0.2, 0) is 46.1 Å². The van der Waals surface area contributed by atoms with E-state index in [0.29, 0.717) is 61.6 Å². The van der Waals surface area contributed by atoms with Crippen molar-refractivity contribution in [3.05, 3.63) is 112 Å². The molecule has 0 radical (unpaired) electrons. The third kappa shape index (κ3) is 27.1. The molecule has 5 fully saturated rings. The molecule has 11 nitrogen and oxygen atoms in total. The summed E-state index contributed by atoms with van der Waals surface area (Å²) in [6.07, 6.45) is 25.2. The van der Waals surface area contributed by atoms with Gasteiger partial charge in [0.05, 0.1) is 30.5 Å². The lowest BCUT2D eigenvalue weighted by atomic mass is 10.0. The Balaban J connectivity index is 0.000000339. The summed E-state index contributed by atoms with van der Waals surface area (Å²) in [5, 5.41) is 0.842. The van der Waals surface area contributed by atoms with Gasteiger partial charge in [-0.25, -0.2) is 0 Å². The normalized spacial score (nSPS) is 26.0. The molecule has 5 aliphatic rings. The topological polar surface area (TPSA) is 144 Å². The van der Waals surface area contributed by atoms with Gasteiger partial charge < -0.3 is 22.1 Å². The summed E-state index contributed by atoms with van der Waals surface area (Å²) in [6.45, 7) is 75.4. The van der Waals surface area contributed by atoms with Crippen molar-refractivity contribution in [2.75, 3.05) is 0 Å². The maximum atomic E-state index is 12.4. The third-order valence-electron chi connectivity index (χ3n) is 24.1. The maximum absolute atomic E-state index is 12.4. The van der Waals surface area contributed by atoms with Gasteiger partial charge in [-0.3, -0.25) is 29.0 Å². The highest BCUT2D eigenvalue weighted by Crippen LogP contribution is 2.47. The second-order valence-corrected chi connectivity index (χ2v) is 63.0. The Labute approximate surface area is 641 Å². The summed E-state index contributed by atoms with van der Waals surface area (Å²) in [4.78, 5) is 65.4. The predicted molar refractivity (Wildman–Crippen MR) is 454 cm³/mol. The number of aromatic nitrogens is 1. The lowest BCUT2D eigenvalue weighted by Crippen LogP contribution is -2.45. The number of rotatable bonds is 20. The minimum absolute atomic E-state index is 0.00999. The highest BCUT2D eigenvalue weighted by atomic mass is 28.4. The van der Waals surface area contributed by atoms with Crippen LogP contribution in [0.4, 0.5) is 0 Å². The van der Waals surface area contributed by atoms with Gasteiger partial charge in [0.1, 0.15) is 0 Å². The number of unbranched alkanes of at least 4 members (excludes halogenated alkanes) is 5. The summed E-state index contributed by atoms with van der Waals surface area (Å²) < 4.78 is 32.7. The molecule has 5 saturated carbocycles. The molecule has 0 spiro atoms. The van der Waals surface area contributed by atoms with E-state index >= 15 is 0 Å². The Morgan fingerprint density at radius 1 is 0.394 bits per heavy atom. The average Bonchev–Trinajstić information content (AvgIpc) is 1.67. The molecule has 0 aliphatic heterocycles. The summed E-state index contributed by atoms with van der Waals surface area (Å²) in [7, 11) is -9.28. The molecule has 1 aromatic heterocycles. The molecular formula is C88H151NO10Si5. The number of pyridine rings is 1. The maximum Gasteiger partial charge on any atom is 0.192 e. The number of benzene rings is 1. The van der Waals surface area contributed by atoms with E-state index in [4.69, 9.17) is 22.1 Å². The highest BCUT2D eigenvalue weighted by molar-refractivity contribution is 6.76. The zero-order valence-corrected chi connectivity index (χ0v) is 77.4. The van der Waals surface area contributed by atoms with E-state index in [1.54, 1.807) is 12.4 Å². The van der Waals surface area contributed by atoms with Crippen molar-refractivity contribution in [3.8, 4) is 0 Å². The Morgan fingerprint density at radius 2 is 0.683 bits per heavy atom. The van der Waals surface area contributed by atoms with E-state index in [0.717, 1.165) is 51.8 Å². The van der Waals surface area contributed by atoms with Crippen molar-refractivity contribution in [3.63, 3.8) is 0 Å². The monoisotopic (exact) mass is 1520 g/mol. The van der Waals surface area contributed by atoms with Gasteiger partial charge in [-0.2, -0.15) is 0 Å². The Hall–Kier alpha value is -3.70.